The average molecular weight is 989 g/mol. The van der Waals surface area contributed by atoms with Gasteiger partial charge in [-0.05, 0) is 62.4 Å². The maximum absolute atomic E-state index is 12.8. The third kappa shape index (κ3) is 11.5. The fourth-order valence-corrected chi connectivity index (χ4v) is 9.27. The summed E-state index contributed by atoms with van der Waals surface area (Å²) in [6, 6.07) is 14.1. The highest BCUT2D eigenvalue weighted by Gasteiger charge is 2.26. The van der Waals surface area contributed by atoms with Gasteiger partial charge in [0.1, 0.15) is 48.1 Å². The fraction of sp³-hybridized carbons (Fsp3) is 0.440. The lowest BCUT2D eigenvalue weighted by molar-refractivity contribution is -0.0787. The first-order chi connectivity index (χ1) is 35.1. The number of anilines is 2. The summed E-state index contributed by atoms with van der Waals surface area (Å²) in [6.45, 7) is 12.4. The largest absolute Gasteiger partial charge is 0.491 e. The second kappa shape index (κ2) is 23.0. The van der Waals surface area contributed by atoms with Crippen molar-refractivity contribution in [2.75, 3.05) is 104 Å². The van der Waals surface area contributed by atoms with Crippen LogP contribution < -0.4 is 40.8 Å². The molecule has 8 heterocycles. The number of β-amino-alcohol motifs (C(OH)–C–C–N with tert-alkyl or cyclic N) is 2. The van der Waals surface area contributed by atoms with Gasteiger partial charge in [-0.1, -0.05) is 0 Å². The number of hydrogen-bond donors (Lipinski definition) is 4. The number of ether oxygens (including phenoxy) is 6. The van der Waals surface area contributed by atoms with E-state index in [2.05, 4.69) is 45.4 Å². The standard InChI is InChI=1S/C26H32N6O5.C24H28N6O5/c1-16-12-31(13-17(2)37-16)14-19(33)15-36-21-7-6-20-22(23(21)35-3)29-26(32-10-9-28-24(20)32)30-25(34)18-5-4-8-27-11-18;1-33-21-19(35-15-17(31)14-29-9-11-34-12-10-29)5-4-18-20(21)27-24(30-8-7-26-22(18)30)28-23(32)16-3-2-6-25-13-16/h4-8,11,16-17,19,28,33H,9-10,12-15H2,1-3H3;2-6,13,17,26,31H,7-12,14-15H2,1H3/t16-,17+,19-;17-/m10/s1. The van der Waals surface area contributed by atoms with Gasteiger partial charge in [-0.15, -0.1) is 0 Å². The van der Waals surface area contributed by atoms with Gasteiger partial charge in [0.05, 0.1) is 50.8 Å². The number of nitrogens with zero attached hydrogens (tertiary/aromatic N) is 10. The number of pyridine rings is 2. The lowest BCUT2D eigenvalue weighted by atomic mass is 10.2. The van der Waals surface area contributed by atoms with Crippen LogP contribution in [0.5, 0.6) is 23.0 Å². The highest BCUT2D eigenvalue weighted by molar-refractivity contribution is 5.98. The van der Waals surface area contributed by atoms with Crippen molar-refractivity contribution < 1.29 is 48.2 Å². The van der Waals surface area contributed by atoms with Crippen LogP contribution in [0.3, 0.4) is 0 Å². The molecule has 10 rings (SSSR count). The van der Waals surface area contributed by atoms with E-state index >= 15 is 0 Å². The van der Waals surface area contributed by atoms with E-state index in [0.717, 1.165) is 48.6 Å². The lowest BCUT2D eigenvalue weighted by Gasteiger charge is -2.36. The molecule has 2 fully saturated rings. The molecule has 2 aromatic carbocycles. The van der Waals surface area contributed by atoms with Crippen LogP contribution in [0, 0.1) is 0 Å². The summed E-state index contributed by atoms with van der Waals surface area (Å²) >= 11 is 0. The van der Waals surface area contributed by atoms with Gasteiger partial charge in [0.25, 0.3) is 11.8 Å². The van der Waals surface area contributed by atoms with Gasteiger partial charge in [0.15, 0.2) is 23.0 Å². The van der Waals surface area contributed by atoms with Crippen molar-refractivity contribution in [3.63, 3.8) is 0 Å². The van der Waals surface area contributed by atoms with E-state index in [-0.39, 0.29) is 36.7 Å². The fourth-order valence-electron chi connectivity index (χ4n) is 9.27. The van der Waals surface area contributed by atoms with Crippen molar-refractivity contribution in [1.82, 2.24) is 38.9 Å². The molecule has 22 heteroatoms. The van der Waals surface area contributed by atoms with Crippen LogP contribution >= 0.6 is 0 Å². The van der Waals surface area contributed by atoms with Crippen molar-refractivity contribution >= 4 is 45.3 Å². The van der Waals surface area contributed by atoms with Crippen LogP contribution in [-0.2, 0) is 22.6 Å². The van der Waals surface area contributed by atoms with Crippen molar-refractivity contribution in [1.29, 1.82) is 0 Å². The van der Waals surface area contributed by atoms with E-state index in [1.54, 1.807) is 50.9 Å². The molecule has 22 nitrogen and oxygen atoms in total. The summed E-state index contributed by atoms with van der Waals surface area (Å²) in [7, 11) is 3.08. The Morgan fingerprint density at radius 2 is 1.17 bits per heavy atom. The zero-order valence-corrected chi connectivity index (χ0v) is 40.8. The molecule has 2 amide bonds. The second-order valence-corrected chi connectivity index (χ2v) is 17.8. The molecule has 6 aromatic rings. The minimum absolute atomic E-state index is 0.0939. The molecule has 0 radical (unpaired) electrons. The van der Waals surface area contributed by atoms with Gasteiger partial charge in [-0.3, -0.25) is 38.5 Å². The molecule has 380 valence electrons. The van der Waals surface area contributed by atoms with Crippen LogP contribution in [0.15, 0.2) is 83.3 Å². The smallest absolute Gasteiger partial charge is 0.281 e. The highest BCUT2D eigenvalue weighted by atomic mass is 16.5. The summed E-state index contributed by atoms with van der Waals surface area (Å²) in [5.74, 6) is 2.52. The van der Waals surface area contributed by atoms with Gasteiger partial charge in [0.2, 0.25) is 11.2 Å². The molecule has 0 unspecified atom stereocenters. The molecule has 2 saturated heterocycles. The molecule has 4 N–H and O–H groups in total. The van der Waals surface area contributed by atoms with Gasteiger partial charge in [-0.25, -0.2) is 9.97 Å². The lowest BCUT2D eigenvalue weighted by Crippen LogP contribution is -2.48. The van der Waals surface area contributed by atoms with Crippen LogP contribution in [0.2, 0.25) is 0 Å². The van der Waals surface area contributed by atoms with E-state index in [1.807, 2.05) is 47.2 Å². The third-order valence-corrected chi connectivity index (χ3v) is 12.4. The number of aliphatic hydroxyl groups excluding tert-OH is 2. The predicted molar refractivity (Wildman–Crippen MR) is 265 cm³/mol. The van der Waals surface area contributed by atoms with Crippen LogP contribution in [0.4, 0.5) is 11.6 Å². The number of benzene rings is 2. The second-order valence-electron chi connectivity index (χ2n) is 17.8. The SMILES string of the molecule is COc1c(OC[C@@H](O)CN2CCOCC2)ccc2c3n(c(=NC(=O)c4cccnc4)nc12)CCN3.COc1c(OC[C@H](O)CN2C[C@@H](C)O[C@@H](C)C2)ccc2c3n(c(=NC(=O)c4cccnc4)nc12)CCN3. The first-order valence-electron chi connectivity index (χ1n) is 24.1. The molecule has 72 heavy (non-hydrogen) atoms. The normalized spacial score (nSPS) is 19.1. The molecule has 0 saturated carbocycles. The molecule has 4 aliphatic heterocycles. The first kappa shape index (κ1) is 49.9. The monoisotopic (exact) mass is 988 g/mol. The van der Waals surface area contributed by atoms with Crippen molar-refractivity contribution in [2.24, 2.45) is 9.98 Å². The zero-order valence-electron chi connectivity index (χ0n) is 40.8. The number of nitrogens with one attached hydrogen (secondary N) is 2. The van der Waals surface area contributed by atoms with Crippen molar-refractivity contribution in [3.05, 3.63) is 95.7 Å². The Morgan fingerprint density at radius 3 is 1.61 bits per heavy atom. The number of hydrogen-bond acceptors (Lipinski definition) is 18. The van der Waals surface area contributed by atoms with Crippen molar-refractivity contribution in [2.45, 2.75) is 51.4 Å². The molecule has 4 aromatic heterocycles. The molecule has 4 atom stereocenters. The number of amides is 2. The minimum atomic E-state index is -0.689. The zero-order chi connectivity index (χ0) is 50.1. The van der Waals surface area contributed by atoms with Gasteiger partial charge < -0.3 is 49.3 Å². The van der Waals surface area contributed by atoms with Gasteiger partial charge in [0, 0.05) is 101 Å². The summed E-state index contributed by atoms with van der Waals surface area (Å²) < 4.78 is 38.2. The quantitative estimate of drug-likeness (QED) is 0.122. The maximum atomic E-state index is 12.8. The Hall–Kier alpha value is -7.08. The molecule has 4 aliphatic rings. The Bertz CT molecular complexity index is 3010. The van der Waals surface area contributed by atoms with Gasteiger partial charge in [-0.2, -0.15) is 9.98 Å². The molecule has 0 aliphatic carbocycles. The number of aromatic nitrogens is 6. The molecule has 0 bridgehead atoms. The van der Waals surface area contributed by atoms with E-state index in [0.29, 0.717) is 97.6 Å². The molecular formula is C50H60N12O10. The average Bonchev–Trinajstić information content (AvgIpc) is 4.10. The van der Waals surface area contributed by atoms with E-state index in [1.165, 1.54) is 12.4 Å². The number of morpholine rings is 2. The Kier molecular flexibility index (Phi) is 15.9. The van der Waals surface area contributed by atoms with Crippen LogP contribution in [-0.4, -0.2) is 178 Å². The Balaban J connectivity index is 0.000000178. The molecule has 0 spiro atoms. The highest BCUT2D eigenvalue weighted by Crippen LogP contribution is 2.38. The van der Waals surface area contributed by atoms with E-state index < -0.39 is 24.0 Å². The third-order valence-electron chi connectivity index (χ3n) is 12.4. The number of fused-ring (bicyclic) bond motifs is 6. The number of aliphatic hydroxyl groups is 2. The summed E-state index contributed by atoms with van der Waals surface area (Å²) in [6.07, 6.45) is 5.06. The Labute approximate surface area is 414 Å². The number of methoxy groups -OCH3 is 2. The number of rotatable bonds is 14. The number of carbonyl (C=O) groups excluding carboxylic acids is 2. The minimum Gasteiger partial charge on any atom is -0.491 e. The van der Waals surface area contributed by atoms with Crippen molar-refractivity contribution in [3.8, 4) is 23.0 Å². The Morgan fingerprint density at radius 1 is 0.694 bits per heavy atom. The van der Waals surface area contributed by atoms with E-state index in [4.69, 9.17) is 33.4 Å². The summed E-state index contributed by atoms with van der Waals surface area (Å²) in [5.41, 5.74) is 2.34. The van der Waals surface area contributed by atoms with E-state index in [9.17, 15) is 19.8 Å². The number of carbonyl (C=O) groups is 2. The first-order valence-corrected chi connectivity index (χ1v) is 24.1. The topological polar surface area (TPSA) is 247 Å². The summed E-state index contributed by atoms with van der Waals surface area (Å²) in [4.78, 5) is 55.8. The summed E-state index contributed by atoms with van der Waals surface area (Å²) in [5, 5.41) is 29.5. The van der Waals surface area contributed by atoms with Crippen LogP contribution in [0.25, 0.3) is 21.8 Å². The van der Waals surface area contributed by atoms with Gasteiger partial charge >= 0.3 is 0 Å². The van der Waals surface area contributed by atoms with Crippen LogP contribution in [0.1, 0.15) is 34.6 Å². The predicted octanol–water partition coefficient (Wildman–Crippen LogP) is 2.13. The molecular weight excluding hydrogens is 929 g/mol. The maximum Gasteiger partial charge on any atom is 0.281 e.